The van der Waals surface area contributed by atoms with E-state index in [0.717, 1.165) is 11.1 Å². The normalized spacial score (nSPS) is 11.5. The molecule has 30 heavy (non-hydrogen) atoms. The van der Waals surface area contributed by atoms with E-state index in [1.165, 1.54) is 29.2 Å². The summed E-state index contributed by atoms with van der Waals surface area (Å²) in [5.41, 5.74) is 2.68. The van der Waals surface area contributed by atoms with E-state index < -0.39 is 16.1 Å². The molecule has 2 rings (SSSR count). The summed E-state index contributed by atoms with van der Waals surface area (Å²) in [5.74, 6) is -0.0439. The van der Waals surface area contributed by atoms with Crippen LogP contribution < -0.4 is 10.0 Å². The Morgan fingerprint density at radius 3 is 1.93 bits per heavy atom. The summed E-state index contributed by atoms with van der Waals surface area (Å²) in [6, 6.07) is 10.5. The van der Waals surface area contributed by atoms with Crippen molar-refractivity contribution < 1.29 is 18.0 Å². The quantitative estimate of drug-likeness (QED) is 0.718. The van der Waals surface area contributed by atoms with Crippen molar-refractivity contribution in [2.75, 3.05) is 19.4 Å². The molecule has 0 aromatic heterocycles. The van der Waals surface area contributed by atoms with Crippen LogP contribution in [0.3, 0.4) is 0 Å². The lowest BCUT2D eigenvalue weighted by Gasteiger charge is -2.20. The number of nitrogens with one attached hydrogen (secondary N) is 2. The van der Waals surface area contributed by atoms with Crippen molar-refractivity contribution in [1.82, 2.24) is 9.62 Å². The van der Waals surface area contributed by atoms with Crippen molar-refractivity contribution in [3.63, 3.8) is 0 Å². The average Bonchev–Trinajstić information content (AvgIpc) is 2.66. The number of sulfonamides is 1. The fraction of sp³-hybridized carbons (Fsp3) is 0.364. The summed E-state index contributed by atoms with van der Waals surface area (Å²) in [6.07, 6.45) is 0. The van der Waals surface area contributed by atoms with E-state index >= 15 is 0 Å². The van der Waals surface area contributed by atoms with Gasteiger partial charge in [0.05, 0.1) is 4.90 Å². The number of nitrogens with zero attached hydrogens (tertiary/aromatic N) is 1. The molecular formula is C22H29N3O4S. The zero-order valence-corrected chi connectivity index (χ0v) is 19.0. The van der Waals surface area contributed by atoms with Crippen LogP contribution in [0.25, 0.3) is 0 Å². The van der Waals surface area contributed by atoms with Gasteiger partial charge >= 0.3 is 6.03 Å². The monoisotopic (exact) mass is 431 g/mol. The van der Waals surface area contributed by atoms with Gasteiger partial charge in [0.2, 0.25) is 0 Å². The fourth-order valence-corrected chi connectivity index (χ4v) is 4.02. The number of benzene rings is 2. The standard InChI is InChI=1S/C22H29N3O4S/c1-14(2)18-11-8-12-19(15(3)4)20(18)23-22(27)24-30(28,29)17-10-7-9-16(13-17)21(26)25(5)6/h7-15H,1-6H3,(H2,23,24,27). The number of hydrogen-bond acceptors (Lipinski definition) is 4. The Kier molecular flexibility index (Phi) is 7.25. The molecule has 0 aliphatic rings. The summed E-state index contributed by atoms with van der Waals surface area (Å²) in [6.45, 7) is 8.03. The maximum absolute atomic E-state index is 12.7. The number of carbonyl (C=O) groups excluding carboxylic acids is 2. The largest absolute Gasteiger partial charge is 0.345 e. The first-order valence-electron chi connectivity index (χ1n) is 9.72. The van der Waals surface area contributed by atoms with E-state index in [9.17, 15) is 18.0 Å². The second-order valence-electron chi connectivity index (χ2n) is 7.91. The van der Waals surface area contributed by atoms with Gasteiger partial charge in [0, 0.05) is 25.3 Å². The van der Waals surface area contributed by atoms with Crippen LogP contribution in [-0.2, 0) is 10.0 Å². The van der Waals surface area contributed by atoms with Crippen LogP contribution >= 0.6 is 0 Å². The molecule has 0 fully saturated rings. The van der Waals surface area contributed by atoms with Gasteiger partial charge in [0.15, 0.2) is 0 Å². The van der Waals surface area contributed by atoms with Crippen LogP contribution in [0.4, 0.5) is 10.5 Å². The number of amides is 3. The fourth-order valence-electron chi connectivity index (χ4n) is 3.07. The van der Waals surface area contributed by atoms with Crippen molar-refractivity contribution >= 4 is 27.6 Å². The molecule has 8 heteroatoms. The summed E-state index contributed by atoms with van der Waals surface area (Å²) < 4.78 is 27.5. The summed E-state index contributed by atoms with van der Waals surface area (Å²) in [5, 5.41) is 2.72. The van der Waals surface area contributed by atoms with Gasteiger partial charge in [-0.05, 0) is 41.2 Å². The zero-order chi connectivity index (χ0) is 22.6. The molecule has 2 aromatic rings. The molecule has 2 N–H and O–H groups in total. The first-order valence-corrected chi connectivity index (χ1v) is 11.2. The number of urea groups is 1. The van der Waals surface area contributed by atoms with Gasteiger partial charge in [0.25, 0.3) is 15.9 Å². The Labute approximate surface area is 178 Å². The molecule has 0 aliphatic heterocycles. The van der Waals surface area contributed by atoms with E-state index in [1.54, 1.807) is 14.1 Å². The van der Waals surface area contributed by atoms with Gasteiger partial charge in [0.1, 0.15) is 0 Å². The Bertz CT molecular complexity index is 1020. The third kappa shape index (κ3) is 5.38. The van der Waals surface area contributed by atoms with E-state index in [2.05, 4.69) is 5.32 Å². The summed E-state index contributed by atoms with van der Waals surface area (Å²) in [7, 11) is -1.01. The summed E-state index contributed by atoms with van der Waals surface area (Å²) >= 11 is 0. The lowest BCUT2D eigenvalue weighted by Crippen LogP contribution is -2.35. The van der Waals surface area contributed by atoms with Crippen LogP contribution in [0.1, 0.15) is 61.0 Å². The van der Waals surface area contributed by atoms with Crippen molar-refractivity contribution in [3.05, 3.63) is 59.2 Å². The first kappa shape index (κ1) is 23.4. The average molecular weight is 432 g/mol. The van der Waals surface area contributed by atoms with Crippen molar-refractivity contribution in [1.29, 1.82) is 0 Å². The molecule has 0 unspecified atom stereocenters. The molecule has 0 heterocycles. The van der Waals surface area contributed by atoms with Crippen LogP contribution in [0.5, 0.6) is 0 Å². The highest BCUT2D eigenvalue weighted by molar-refractivity contribution is 7.90. The Morgan fingerprint density at radius 1 is 0.900 bits per heavy atom. The van der Waals surface area contributed by atoms with Crippen LogP contribution in [0.2, 0.25) is 0 Å². The maximum Gasteiger partial charge on any atom is 0.333 e. The van der Waals surface area contributed by atoms with E-state index in [1.807, 2.05) is 50.6 Å². The molecule has 0 saturated heterocycles. The zero-order valence-electron chi connectivity index (χ0n) is 18.2. The first-order chi connectivity index (χ1) is 13.9. The number of rotatable bonds is 6. The molecule has 3 amide bonds. The predicted octanol–water partition coefficient (Wildman–Crippen LogP) is 4.15. The van der Waals surface area contributed by atoms with Gasteiger partial charge < -0.3 is 10.2 Å². The minimum absolute atomic E-state index is 0.143. The number of hydrogen-bond donors (Lipinski definition) is 2. The Balaban J connectivity index is 2.31. The van der Waals surface area contributed by atoms with Gasteiger partial charge in [-0.15, -0.1) is 0 Å². The Hall–Kier alpha value is -2.87. The third-order valence-electron chi connectivity index (χ3n) is 4.64. The highest BCUT2D eigenvalue weighted by atomic mass is 32.2. The smallest absolute Gasteiger partial charge is 0.333 e. The van der Waals surface area contributed by atoms with Crippen LogP contribution in [0, 0.1) is 0 Å². The predicted molar refractivity (Wildman–Crippen MR) is 118 cm³/mol. The molecule has 2 aromatic carbocycles. The van der Waals surface area contributed by atoms with Gasteiger partial charge in [-0.3, -0.25) is 4.79 Å². The molecule has 0 spiro atoms. The minimum atomic E-state index is -4.16. The number of para-hydroxylation sites is 1. The van der Waals surface area contributed by atoms with E-state index in [-0.39, 0.29) is 28.2 Å². The topological polar surface area (TPSA) is 95.6 Å². The lowest BCUT2D eigenvalue weighted by atomic mass is 9.93. The third-order valence-corrected chi connectivity index (χ3v) is 5.96. The maximum atomic E-state index is 12.7. The SMILES string of the molecule is CC(C)c1cccc(C(C)C)c1NC(=O)NS(=O)(=O)c1cccc(C(=O)N(C)C)c1. The molecule has 0 saturated carbocycles. The highest BCUT2D eigenvalue weighted by Crippen LogP contribution is 2.32. The molecule has 0 atom stereocenters. The molecule has 162 valence electrons. The van der Waals surface area contributed by atoms with E-state index in [4.69, 9.17) is 0 Å². The molecule has 7 nitrogen and oxygen atoms in total. The van der Waals surface area contributed by atoms with Gasteiger partial charge in [-0.1, -0.05) is 52.0 Å². The Morgan fingerprint density at radius 2 is 1.43 bits per heavy atom. The molecule has 0 radical (unpaired) electrons. The highest BCUT2D eigenvalue weighted by Gasteiger charge is 2.22. The molecule has 0 bridgehead atoms. The van der Waals surface area contributed by atoms with E-state index in [0.29, 0.717) is 5.69 Å². The number of anilines is 1. The van der Waals surface area contributed by atoms with Gasteiger partial charge in [-0.2, -0.15) is 0 Å². The van der Waals surface area contributed by atoms with Crippen LogP contribution in [-0.4, -0.2) is 39.4 Å². The van der Waals surface area contributed by atoms with Crippen LogP contribution in [0.15, 0.2) is 47.4 Å². The molecule has 0 aliphatic carbocycles. The summed E-state index contributed by atoms with van der Waals surface area (Å²) in [4.78, 5) is 25.9. The second-order valence-corrected chi connectivity index (χ2v) is 9.59. The van der Waals surface area contributed by atoms with Crippen molar-refractivity contribution in [3.8, 4) is 0 Å². The second kappa shape index (κ2) is 9.30. The minimum Gasteiger partial charge on any atom is -0.345 e. The lowest BCUT2D eigenvalue weighted by molar-refractivity contribution is 0.0827. The van der Waals surface area contributed by atoms with Crippen molar-refractivity contribution in [2.24, 2.45) is 0 Å². The molecular weight excluding hydrogens is 402 g/mol. The number of carbonyl (C=O) groups is 2. The van der Waals surface area contributed by atoms with Crippen molar-refractivity contribution in [2.45, 2.75) is 44.4 Å². The van der Waals surface area contributed by atoms with Gasteiger partial charge in [-0.25, -0.2) is 17.9 Å².